The van der Waals surface area contributed by atoms with Crippen LogP contribution in [-0.4, -0.2) is 33.0 Å². The minimum atomic E-state index is -4.45. The number of anilines is 1. The highest BCUT2D eigenvalue weighted by atomic mass is 32.2. The summed E-state index contributed by atoms with van der Waals surface area (Å²) >= 11 is 0.940. The van der Waals surface area contributed by atoms with Gasteiger partial charge in [0.05, 0.1) is 0 Å². The van der Waals surface area contributed by atoms with Gasteiger partial charge in [-0.1, -0.05) is 0 Å². The molecule has 0 saturated carbocycles. The number of halogens is 3. The second-order valence-corrected chi connectivity index (χ2v) is 7.08. The first-order valence-electron chi connectivity index (χ1n) is 6.20. The van der Waals surface area contributed by atoms with E-state index in [1.54, 1.807) is 4.90 Å². The van der Waals surface area contributed by atoms with Crippen molar-refractivity contribution in [3.63, 3.8) is 0 Å². The summed E-state index contributed by atoms with van der Waals surface area (Å²) in [6.45, 7) is 1.23. The average Bonchev–Trinajstić information content (AvgIpc) is 2.85. The lowest BCUT2D eigenvalue weighted by molar-refractivity contribution is -0.140. The number of thiazole rings is 1. The average molecular weight is 344 g/mol. The van der Waals surface area contributed by atoms with Crippen molar-refractivity contribution in [2.75, 3.05) is 24.5 Å². The van der Waals surface area contributed by atoms with Gasteiger partial charge in [0.25, 0.3) is 10.2 Å². The number of nitrogens with zero attached hydrogens (tertiary/aromatic N) is 2. The molecule has 21 heavy (non-hydrogen) atoms. The summed E-state index contributed by atoms with van der Waals surface area (Å²) in [7, 11) is -3.75. The van der Waals surface area contributed by atoms with Crippen molar-refractivity contribution in [1.29, 1.82) is 0 Å². The monoisotopic (exact) mass is 344 g/mol. The molecule has 0 aromatic carbocycles. The molecule has 11 heteroatoms. The van der Waals surface area contributed by atoms with E-state index < -0.39 is 22.1 Å². The number of alkyl halides is 3. The Morgan fingerprint density at radius 3 is 2.81 bits per heavy atom. The minimum absolute atomic E-state index is 0.00434. The van der Waals surface area contributed by atoms with E-state index >= 15 is 0 Å². The summed E-state index contributed by atoms with van der Waals surface area (Å²) < 4.78 is 61.5. The zero-order valence-electron chi connectivity index (χ0n) is 10.9. The van der Waals surface area contributed by atoms with Gasteiger partial charge >= 0.3 is 6.18 Å². The van der Waals surface area contributed by atoms with Gasteiger partial charge < -0.3 is 4.90 Å². The third kappa shape index (κ3) is 4.80. The molecule has 0 spiro atoms. The molecule has 0 radical (unpaired) electrons. The third-order valence-corrected chi connectivity index (χ3v) is 4.62. The van der Waals surface area contributed by atoms with Gasteiger partial charge in [-0.3, -0.25) is 0 Å². The van der Waals surface area contributed by atoms with Crippen LogP contribution in [0.2, 0.25) is 0 Å². The lowest BCUT2D eigenvalue weighted by Gasteiger charge is -2.32. The van der Waals surface area contributed by atoms with Crippen molar-refractivity contribution < 1.29 is 21.6 Å². The van der Waals surface area contributed by atoms with Crippen LogP contribution in [0.1, 0.15) is 18.5 Å². The molecule has 6 nitrogen and oxygen atoms in total. The van der Waals surface area contributed by atoms with Crippen molar-refractivity contribution >= 4 is 26.7 Å². The summed E-state index contributed by atoms with van der Waals surface area (Å²) in [5, 5.41) is 6.16. The van der Waals surface area contributed by atoms with E-state index in [0.29, 0.717) is 18.2 Å². The molecule has 1 unspecified atom stereocenters. The van der Waals surface area contributed by atoms with E-state index in [1.165, 1.54) is 0 Å². The molecule has 0 amide bonds. The van der Waals surface area contributed by atoms with Gasteiger partial charge in [-0.25, -0.2) is 14.8 Å². The Kier molecular flexibility index (Phi) is 4.76. The SMILES string of the molecule is NS(=O)(=O)NCC1CCCN(c2nc(C(F)(F)F)cs2)C1. The van der Waals surface area contributed by atoms with Gasteiger partial charge in [0.1, 0.15) is 0 Å². The molecular formula is C10H15F3N4O2S2. The van der Waals surface area contributed by atoms with E-state index in [9.17, 15) is 21.6 Å². The lowest BCUT2D eigenvalue weighted by atomic mass is 9.99. The Labute approximate surface area is 124 Å². The highest BCUT2D eigenvalue weighted by Crippen LogP contribution is 2.34. The highest BCUT2D eigenvalue weighted by Gasteiger charge is 2.34. The summed E-state index contributed by atoms with van der Waals surface area (Å²) in [6, 6.07) is 0. The van der Waals surface area contributed by atoms with Crippen LogP contribution in [0.25, 0.3) is 0 Å². The number of aromatic nitrogens is 1. The topological polar surface area (TPSA) is 88.3 Å². The van der Waals surface area contributed by atoms with E-state index in [0.717, 1.165) is 29.6 Å². The van der Waals surface area contributed by atoms with Gasteiger partial charge in [-0.2, -0.15) is 21.6 Å². The summed E-state index contributed by atoms with van der Waals surface area (Å²) in [5.74, 6) is -0.00434. The first-order valence-corrected chi connectivity index (χ1v) is 8.63. The molecule has 1 saturated heterocycles. The van der Waals surface area contributed by atoms with Crippen molar-refractivity contribution in [3.05, 3.63) is 11.1 Å². The smallest absolute Gasteiger partial charge is 0.348 e. The maximum absolute atomic E-state index is 12.5. The Balaban J connectivity index is 1.99. The second kappa shape index (κ2) is 6.07. The van der Waals surface area contributed by atoms with Crippen molar-refractivity contribution in [1.82, 2.24) is 9.71 Å². The van der Waals surface area contributed by atoms with Crippen LogP contribution in [0.5, 0.6) is 0 Å². The molecule has 3 N–H and O–H groups in total. The summed E-state index contributed by atoms with van der Waals surface area (Å²) in [4.78, 5) is 5.35. The largest absolute Gasteiger partial charge is 0.434 e. The van der Waals surface area contributed by atoms with E-state index in [1.807, 2.05) is 0 Å². The van der Waals surface area contributed by atoms with Gasteiger partial charge in [-0.05, 0) is 18.8 Å². The minimum Gasteiger partial charge on any atom is -0.348 e. The van der Waals surface area contributed by atoms with E-state index in [-0.39, 0.29) is 12.5 Å². The van der Waals surface area contributed by atoms with Crippen molar-refractivity contribution in [3.8, 4) is 0 Å². The number of nitrogens with one attached hydrogen (secondary N) is 1. The number of piperidine rings is 1. The number of rotatable bonds is 4. The fourth-order valence-corrected chi connectivity index (χ4v) is 3.52. The van der Waals surface area contributed by atoms with Gasteiger partial charge in [0, 0.05) is 25.0 Å². The molecule has 1 aromatic heterocycles. The molecule has 1 aromatic rings. The fraction of sp³-hybridized carbons (Fsp3) is 0.700. The maximum atomic E-state index is 12.5. The normalized spacial score (nSPS) is 20.8. The summed E-state index contributed by atoms with van der Waals surface area (Å²) in [5.41, 5.74) is -0.896. The van der Waals surface area contributed by atoms with Crippen LogP contribution in [0.15, 0.2) is 5.38 Å². The molecule has 1 atom stereocenters. The molecular weight excluding hydrogens is 329 g/mol. The maximum Gasteiger partial charge on any atom is 0.434 e. The Morgan fingerprint density at radius 1 is 1.52 bits per heavy atom. The fourth-order valence-electron chi connectivity index (χ4n) is 2.18. The Morgan fingerprint density at radius 2 is 2.24 bits per heavy atom. The van der Waals surface area contributed by atoms with E-state index in [4.69, 9.17) is 5.14 Å². The number of hydrogen-bond acceptors (Lipinski definition) is 5. The van der Waals surface area contributed by atoms with E-state index in [2.05, 4.69) is 9.71 Å². The molecule has 2 rings (SSSR count). The van der Waals surface area contributed by atoms with Gasteiger partial charge in [0.2, 0.25) is 0 Å². The lowest BCUT2D eigenvalue weighted by Crippen LogP contribution is -2.42. The third-order valence-electron chi connectivity index (χ3n) is 3.15. The molecule has 120 valence electrons. The van der Waals surface area contributed by atoms with Crippen LogP contribution in [0, 0.1) is 5.92 Å². The van der Waals surface area contributed by atoms with Crippen LogP contribution in [0.3, 0.4) is 0 Å². The molecule has 1 aliphatic heterocycles. The second-order valence-electron chi connectivity index (χ2n) is 4.86. The first kappa shape index (κ1) is 16.5. The van der Waals surface area contributed by atoms with Crippen molar-refractivity contribution in [2.24, 2.45) is 11.1 Å². The van der Waals surface area contributed by atoms with Crippen molar-refractivity contribution in [2.45, 2.75) is 19.0 Å². The number of nitrogens with two attached hydrogens (primary N) is 1. The predicted octanol–water partition coefficient (Wildman–Crippen LogP) is 1.17. The Hall–Kier alpha value is -0.910. The van der Waals surface area contributed by atoms with Crippen LogP contribution in [0.4, 0.5) is 18.3 Å². The standard InChI is InChI=1S/C10H15F3N4O2S2/c11-10(12,13)8-6-20-9(16-8)17-3-1-2-7(5-17)4-15-21(14,18)19/h6-7,15H,1-5H2,(H2,14,18,19). The first-order chi connectivity index (χ1) is 9.65. The molecule has 2 heterocycles. The predicted molar refractivity (Wildman–Crippen MR) is 73.2 cm³/mol. The van der Waals surface area contributed by atoms with Crippen LogP contribution in [-0.2, 0) is 16.4 Å². The summed E-state index contributed by atoms with van der Waals surface area (Å²) in [6.07, 6.45) is -2.90. The highest BCUT2D eigenvalue weighted by molar-refractivity contribution is 7.87. The van der Waals surface area contributed by atoms with Gasteiger partial charge in [0.15, 0.2) is 10.8 Å². The quantitative estimate of drug-likeness (QED) is 0.858. The van der Waals surface area contributed by atoms with Gasteiger partial charge in [-0.15, -0.1) is 11.3 Å². The zero-order chi connectivity index (χ0) is 15.7. The Bertz CT molecular complexity index is 587. The molecule has 1 fully saturated rings. The molecule has 0 aliphatic carbocycles. The molecule has 0 bridgehead atoms. The van der Waals surface area contributed by atoms with Crippen LogP contribution < -0.4 is 14.8 Å². The zero-order valence-corrected chi connectivity index (χ0v) is 12.6. The number of hydrogen-bond donors (Lipinski definition) is 2. The van der Waals surface area contributed by atoms with Crippen LogP contribution >= 0.6 is 11.3 Å². The molecule has 1 aliphatic rings.